The van der Waals surface area contributed by atoms with Crippen molar-refractivity contribution in [3.05, 3.63) is 33.1 Å². The molecule has 3 unspecified atom stereocenters. The quantitative estimate of drug-likeness (QED) is 0.363. The van der Waals surface area contributed by atoms with Crippen LogP contribution in [0.15, 0.2) is 21.9 Å². The summed E-state index contributed by atoms with van der Waals surface area (Å²) < 4.78 is 50.6. The Morgan fingerprint density at radius 1 is 1.44 bits per heavy atom. The number of esters is 2. The van der Waals surface area contributed by atoms with Gasteiger partial charge in [-0.3, -0.25) is 28.5 Å². The minimum Gasteiger partial charge on any atom is -0.462 e. The van der Waals surface area contributed by atoms with Crippen molar-refractivity contribution >= 4 is 19.6 Å². The maximum atomic E-state index is 15.7. The second-order valence-corrected chi connectivity index (χ2v) is 9.66. The van der Waals surface area contributed by atoms with Crippen LogP contribution in [0.1, 0.15) is 27.0 Å². The van der Waals surface area contributed by atoms with Crippen LogP contribution in [0.2, 0.25) is 0 Å². The number of hydrogen-bond donors (Lipinski definition) is 3. The minimum atomic E-state index is -3.97. The van der Waals surface area contributed by atoms with Gasteiger partial charge in [0.2, 0.25) is 0 Å². The zero-order chi connectivity index (χ0) is 23.7. The number of nitrogens with zero attached hydrogens (tertiary/aromatic N) is 1. The number of nitrogens with one attached hydrogen (secondary N) is 3. The van der Waals surface area contributed by atoms with Gasteiger partial charge in [-0.15, -0.1) is 0 Å². The van der Waals surface area contributed by atoms with Gasteiger partial charge in [-0.1, -0.05) is 0 Å². The third-order valence-electron chi connectivity index (χ3n) is 4.69. The highest BCUT2D eigenvalue weighted by atomic mass is 31.2. The van der Waals surface area contributed by atoms with E-state index >= 15 is 4.39 Å². The zero-order valence-corrected chi connectivity index (χ0v) is 18.4. The molecular weight excluding hydrogens is 454 g/mol. The fourth-order valence-corrected chi connectivity index (χ4v) is 4.62. The summed E-state index contributed by atoms with van der Waals surface area (Å²) in [4.78, 5) is 49.4. The fraction of sp³-hybridized carbons (Fsp3) is 0.647. The first-order valence-electron chi connectivity index (χ1n) is 9.71. The van der Waals surface area contributed by atoms with Crippen LogP contribution in [0.3, 0.4) is 0 Å². The number of aromatic nitrogens is 2. The van der Waals surface area contributed by atoms with Crippen LogP contribution in [0, 0.1) is 0 Å². The summed E-state index contributed by atoms with van der Waals surface area (Å²) >= 11 is 0. The molecule has 178 valence electrons. The molecule has 1 aromatic rings. The Kier molecular flexibility index (Phi) is 7.00. The smallest absolute Gasteiger partial charge is 0.341 e. The van der Waals surface area contributed by atoms with Crippen LogP contribution < -0.4 is 21.4 Å². The van der Waals surface area contributed by atoms with Crippen LogP contribution in [0.25, 0.3) is 0 Å². The van der Waals surface area contributed by atoms with Crippen LogP contribution >= 0.6 is 7.67 Å². The number of H-pyrrole nitrogens is 1. The number of fused-ring (bicyclic) bond motifs is 1. The summed E-state index contributed by atoms with van der Waals surface area (Å²) in [6.45, 7) is 2.73. The number of ether oxygens (including phenoxy) is 3. The topological polar surface area (TPSA) is 167 Å². The lowest BCUT2D eigenvalue weighted by molar-refractivity contribution is -0.156. The predicted octanol–water partition coefficient (Wildman–Crippen LogP) is -0.657. The molecular formula is C17H24FN4O9P. The zero-order valence-electron chi connectivity index (χ0n) is 17.5. The molecule has 0 spiro atoms. The Morgan fingerprint density at radius 2 is 2.16 bits per heavy atom. The van der Waals surface area contributed by atoms with E-state index in [0.717, 1.165) is 23.8 Å². The van der Waals surface area contributed by atoms with E-state index in [1.807, 2.05) is 4.98 Å². The number of halogens is 1. The van der Waals surface area contributed by atoms with Gasteiger partial charge in [0.15, 0.2) is 18.0 Å². The lowest BCUT2D eigenvalue weighted by atomic mass is 9.98. The van der Waals surface area contributed by atoms with Crippen LogP contribution in [-0.2, 0) is 32.9 Å². The number of carbonyl (C=O) groups is 2. The molecule has 3 rings (SSSR count). The average Bonchev–Trinajstić information content (AvgIpc) is 2.96. The molecule has 0 saturated carbocycles. The Hall–Kier alpha value is -2.38. The first-order valence-corrected chi connectivity index (χ1v) is 11.3. The van der Waals surface area contributed by atoms with Gasteiger partial charge in [-0.05, 0) is 20.8 Å². The van der Waals surface area contributed by atoms with Crippen molar-refractivity contribution < 1.29 is 37.3 Å². The molecule has 15 heteroatoms. The lowest BCUT2D eigenvalue weighted by Crippen LogP contribution is -2.46. The molecule has 2 saturated heterocycles. The normalized spacial score (nSPS) is 33.0. The van der Waals surface area contributed by atoms with E-state index in [9.17, 15) is 23.7 Å². The highest BCUT2D eigenvalue weighted by molar-refractivity contribution is 7.54. The van der Waals surface area contributed by atoms with Gasteiger partial charge >= 0.3 is 25.3 Å². The number of alkyl halides is 1. The molecule has 5 atom stereocenters. The molecule has 32 heavy (non-hydrogen) atoms. The largest absolute Gasteiger partial charge is 0.462 e. The molecule has 2 aliphatic rings. The molecule has 3 N–H and O–H groups in total. The van der Waals surface area contributed by atoms with E-state index < -0.39 is 80.8 Å². The standard InChI is InChI=1S/C17H24FN4O9P/c1-9(2)29-12(24)6-19-32(27)20-7-13(25)31-14-10(8-28-32)30-15(17(14,3)18)22-5-4-11(23)21-16(22)26/h4-5,9-10,14-15H,6-8H2,1-3H3,(H2,19,20,27)(H,21,23,26)/t10-,14?,15-,17?,32?/m1/s1. The van der Waals surface area contributed by atoms with Crippen LogP contribution in [0.5, 0.6) is 0 Å². The number of rotatable bonds is 5. The van der Waals surface area contributed by atoms with Crippen molar-refractivity contribution in [2.45, 2.75) is 51.0 Å². The highest BCUT2D eigenvalue weighted by Gasteiger charge is 2.59. The van der Waals surface area contributed by atoms with E-state index in [1.54, 1.807) is 13.8 Å². The van der Waals surface area contributed by atoms with Gasteiger partial charge in [-0.25, -0.2) is 19.4 Å². The number of carbonyl (C=O) groups excluding carboxylic acids is 2. The van der Waals surface area contributed by atoms with Crippen molar-refractivity contribution in [2.75, 3.05) is 19.7 Å². The summed E-state index contributed by atoms with van der Waals surface area (Å²) in [7, 11) is -3.97. The maximum Gasteiger partial charge on any atom is 0.341 e. The third-order valence-corrected chi connectivity index (χ3v) is 6.36. The average molecular weight is 478 g/mol. The van der Waals surface area contributed by atoms with Gasteiger partial charge < -0.3 is 18.7 Å². The first kappa shape index (κ1) is 24.3. The number of aromatic amines is 1. The van der Waals surface area contributed by atoms with Crippen LogP contribution in [-0.4, -0.2) is 65.2 Å². The van der Waals surface area contributed by atoms with Crippen molar-refractivity contribution in [2.24, 2.45) is 0 Å². The molecule has 2 aliphatic heterocycles. The summed E-state index contributed by atoms with van der Waals surface area (Å²) in [5.74, 6) is -1.66. The summed E-state index contributed by atoms with van der Waals surface area (Å²) in [6.07, 6.45) is -3.68. The molecule has 0 aliphatic carbocycles. The van der Waals surface area contributed by atoms with Crippen LogP contribution in [0.4, 0.5) is 4.39 Å². The minimum absolute atomic E-state index is 0.391. The molecule has 1 aromatic heterocycles. The summed E-state index contributed by atoms with van der Waals surface area (Å²) in [5.41, 5.74) is -4.02. The highest BCUT2D eigenvalue weighted by Crippen LogP contribution is 2.45. The second-order valence-electron chi connectivity index (χ2n) is 7.66. The molecule has 0 amide bonds. The molecule has 3 heterocycles. The molecule has 0 radical (unpaired) electrons. The van der Waals surface area contributed by atoms with Crippen molar-refractivity contribution in [1.82, 2.24) is 19.7 Å². The van der Waals surface area contributed by atoms with Gasteiger partial charge in [0.05, 0.1) is 12.7 Å². The first-order chi connectivity index (χ1) is 14.9. The maximum absolute atomic E-state index is 15.7. The molecule has 0 bridgehead atoms. The van der Waals surface area contributed by atoms with Crippen molar-refractivity contribution in [3.63, 3.8) is 0 Å². The Bertz CT molecular complexity index is 1040. The van der Waals surface area contributed by atoms with E-state index in [4.69, 9.17) is 18.7 Å². The van der Waals surface area contributed by atoms with Gasteiger partial charge in [0.1, 0.15) is 19.2 Å². The summed E-state index contributed by atoms with van der Waals surface area (Å²) in [6, 6.07) is 1.01. The van der Waals surface area contributed by atoms with Gasteiger partial charge in [0.25, 0.3) is 5.56 Å². The second kappa shape index (κ2) is 9.24. The number of hydrogen-bond acceptors (Lipinski definition) is 9. The Balaban J connectivity index is 1.80. The van der Waals surface area contributed by atoms with Gasteiger partial charge in [0, 0.05) is 12.3 Å². The van der Waals surface area contributed by atoms with E-state index in [0.29, 0.717) is 0 Å². The Labute approximate surface area is 181 Å². The fourth-order valence-electron chi connectivity index (χ4n) is 3.29. The van der Waals surface area contributed by atoms with E-state index in [-0.39, 0.29) is 0 Å². The Morgan fingerprint density at radius 3 is 2.81 bits per heavy atom. The molecule has 13 nitrogen and oxygen atoms in total. The lowest BCUT2D eigenvalue weighted by Gasteiger charge is -2.27. The van der Waals surface area contributed by atoms with Gasteiger partial charge in [-0.2, -0.15) is 0 Å². The predicted molar refractivity (Wildman–Crippen MR) is 105 cm³/mol. The molecule has 0 aromatic carbocycles. The molecule has 2 fully saturated rings. The van der Waals surface area contributed by atoms with E-state index in [2.05, 4.69) is 10.2 Å². The van der Waals surface area contributed by atoms with Crippen molar-refractivity contribution in [3.8, 4) is 0 Å². The monoisotopic (exact) mass is 478 g/mol. The third kappa shape index (κ3) is 5.33. The summed E-state index contributed by atoms with van der Waals surface area (Å²) in [5, 5.41) is 4.71. The van der Waals surface area contributed by atoms with E-state index in [1.165, 1.54) is 0 Å². The SMILES string of the molecule is CC(C)OC(=O)CNP1(=O)NCC(=O)OC2[C@@H](CO1)O[C@@H](n1ccc(=O)[nH]c1=O)C2(C)F. The van der Waals surface area contributed by atoms with Crippen molar-refractivity contribution in [1.29, 1.82) is 0 Å².